The van der Waals surface area contributed by atoms with Crippen LogP contribution in [-0.2, 0) is 26.6 Å². The van der Waals surface area contributed by atoms with Crippen molar-refractivity contribution in [3.63, 3.8) is 0 Å². The van der Waals surface area contributed by atoms with E-state index < -0.39 is 0 Å². The number of rotatable bonds is 8. The van der Waals surface area contributed by atoms with Crippen molar-refractivity contribution in [1.29, 1.82) is 0 Å². The van der Waals surface area contributed by atoms with Crippen LogP contribution in [0, 0.1) is 5.92 Å². The number of pyridine rings is 1. The highest BCUT2D eigenvalue weighted by Crippen LogP contribution is 2.33. The predicted molar refractivity (Wildman–Crippen MR) is 161 cm³/mol. The fourth-order valence-corrected chi connectivity index (χ4v) is 5.09. The molecule has 39 heavy (non-hydrogen) atoms. The normalized spacial score (nSPS) is 11.2. The van der Waals surface area contributed by atoms with E-state index >= 15 is 0 Å². The predicted octanol–water partition coefficient (Wildman–Crippen LogP) is 6.15. The van der Waals surface area contributed by atoms with E-state index in [0.29, 0.717) is 17.8 Å². The molecule has 0 fully saturated rings. The Kier molecular flexibility index (Phi) is 8.82. The first-order valence-electron chi connectivity index (χ1n) is 13.8. The van der Waals surface area contributed by atoms with E-state index in [1.807, 2.05) is 56.4 Å². The second-order valence-corrected chi connectivity index (χ2v) is 9.93. The number of anilines is 1. The maximum atomic E-state index is 13.5. The Morgan fingerprint density at radius 3 is 2.46 bits per heavy atom. The maximum Gasteiger partial charge on any atom is 0.276 e. The summed E-state index contributed by atoms with van der Waals surface area (Å²) in [4.78, 5) is 18.3. The summed E-state index contributed by atoms with van der Waals surface area (Å²) < 4.78 is 3.59. The SMILES string of the molecule is CC.CCNc1ncc(Cn2cc3c(CC(C)C)nn(C)c(=O)c3c2-c2cccc(CO)c2)c2ccccc12. The molecule has 0 radical (unpaired) electrons. The highest BCUT2D eigenvalue weighted by atomic mass is 16.3. The minimum Gasteiger partial charge on any atom is -0.392 e. The second kappa shape index (κ2) is 12.3. The second-order valence-electron chi connectivity index (χ2n) is 9.93. The van der Waals surface area contributed by atoms with Gasteiger partial charge in [-0.3, -0.25) is 4.79 Å². The van der Waals surface area contributed by atoms with E-state index in [9.17, 15) is 9.90 Å². The lowest BCUT2D eigenvalue weighted by atomic mass is 10.0. The van der Waals surface area contributed by atoms with Gasteiger partial charge in [0.15, 0.2) is 0 Å². The van der Waals surface area contributed by atoms with Gasteiger partial charge in [-0.25, -0.2) is 9.67 Å². The van der Waals surface area contributed by atoms with E-state index in [1.165, 1.54) is 4.68 Å². The van der Waals surface area contributed by atoms with E-state index in [1.54, 1.807) is 7.05 Å². The zero-order valence-corrected chi connectivity index (χ0v) is 23.8. The monoisotopic (exact) mass is 525 g/mol. The minimum absolute atomic E-state index is 0.0644. The van der Waals surface area contributed by atoms with Gasteiger partial charge in [0.25, 0.3) is 5.56 Å². The third-order valence-corrected chi connectivity index (χ3v) is 6.71. The first-order valence-corrected chi connectivity index (χ1v) is 13.8. The number of benzene rings is 2. The molecule has 7 nitrogen and oxygen atoms in total. The highest BCUT2D eigenvalue weighted by Gasteiger charge is 2.21. The Bertz CT molecular complexity index is 1650. The molecule has 0 bridgehead atoms. The van der Waals surface area contributed by atoms with E-state index in [-0.39, 0.29) is 12.2 Å². The van der Waals surface area contributed by atoms with Crippen LogP contribution in [0.25, 0.3) is 32.8 Å². The Morgan fingerprint density at radius 1 is 1.03 bits per heavy atom. The molecule has 0 spiro atoms. The highest BCUT2D eigenvalue weighted by molar-refractivity contribution is 5.97. The van der Waals surface area contributed by atoms with Crippen LogP contribution in [0.2, 0.25) is 0 Å². The van der Waals surface area contributed by atoms with Gasteiger partial charge >= 0.3 is 0 Å². The van der Waals surface area contributed by atoms with Crippen molar-refractivity contribution in [3.8, 4) is 11.3 Å². The zero-order chi connectivity index (χ0) is 28.1. The molecule has 0 aliphatic heterocycles. The van der Waals surface area contributed by atoms with E-state index in [4.69, 9.17) is 4.98 Å². The fraction of sp³-hybridized carbons (Fsp3) is 0.344. The number of nitrogens with one attached hydrogen (secondary N) is 1. The van der Waals surface area contributed by atoms with Crippen molar-refractivity contribution in [2.24, 2.45) is 13.0 Å². The fourth-order valence-electron chi connectivity index (χ4n) is 5.09. The number of nitrogens with zero attached hydrogens (tertiary/aromatic N) is 4. The largest absolute Gasteiger partial charge is 0.392 e. The van der Waals surface area contributed by atoms with Crippen molar-refractivity contribution in [2.75, 3.05) is 11.9 Å². The smallest absolute Gasteiger partial charge is 0.276 e. The molecule has 0 saturated heterocycles. The topological polar surface area (TPSA) is 85.0 Å². The Labute approximate surface area is 230 Å². The van der Waals surface area contributed by atoms with Crippen molar-refractivity contribution >= 4 is 27.4 Å². The summed E-state index contributed by atoms with van der Waals surface area (Å²) in [6.07, 6.45) is 4.76. The molecule has 2 aromatic carbocycles. The number of aromatic nitrogens is 4. The lowest BCUT2D eigenvalue weighted by Gasteiger charge is -2.14. The molecule has 5 aromatic rings. The molecule has 0 aliphatic rings. The average Bonchev–Trinajstić information content (AvgIpc) is 3.33. The third kappa shape index (κ3) is 5.59. The van der Waals surface area contributed by atoms with Gasteiger partial charge < -0.3 is 15.0 Å². The Balaban J connectivity index is 0.00000172. The molecule has 2 N–H and O–H groups in total. The number of hydrogen-bond acceptors (Lipinski definition) is 5. The van der Waals surface area contributed by atoms with Crippen LogP contribution < -0.4 is 10.9 Å². The number of aryl methyl sites for hydroxylation is 1. The molecule has 204 valence electrons. The zero-order valence-electron chi connectivity index (χ0n) is 23.8. The third-order valence-electron chi connectivity index (χ3n) is 6.71. The van der Waals surface area contributed by atoms with Crippen LogP contribution in [0.15, 0.2) is 65.7 Å². The van der Waals surface area contributed by atoms with Gasteiger partial charge in [-0.1, -0.05) is 70.2 Å². The molecule has 5 rings (SSSR count). The van der Waals surface area contributed by atoms with Gasteiger partial charge in [0.05, 0.1) is 23.4 Å². The van der Waals surface area contributed by atoms with Crippen LogP contribution in [0.1, 0.15) is 51.4 Å². The van der Waals surface area contributed by atoms with E-state index in [0.717, 1.165) is 63.0 Å². The number of hydrogen-bond donors (Lipinski definition) is 2. The first-order chi connectivity index (χ1) is 18.9. The van der Waals surface area contributed by atoms with Crippen LogP contribution in [0.3, 0.4) is 0 Å². The molecule has 7 heteroatoms. The van der Waals surface area contributed by atoms with Crippen molar-refractivity contribution in [3.05, 3.63) is 88.1 Å². The summed E-state index contributed by atoms with van der Waals surface area (Å²) in [6.45, 7) is 11.6. The summed E-state index contributed by atoms with van der Waals surface area (Å²) in [5.41, 5.74) is 4.37. The van der Waals surface area contributed by atoms with Crippen LogP contribution in [-0.4, -0.2) is 31.0 Å². The molecular formula is C32H39N5O2. The molecule has 0 saturated carbocycles. The number of fused-ring (bicyclic) bond motifs is 2. The molecule has 3 aromatic heterocycles. The number of aliphatic hydroxyl groups excluding tert-OH is 1. The average molecular weight is 526 g/mol. The maximum absolute atomic E-state index is 13.5. The molecule has 0 atom stereocenters. The van der Waals surface area contributed by atoms with Crippen LogP contribution >= 0.6 is 0 Å². The Morgan fingerprint density at radius 2 is 1.77 bits per heavy atom. The molecular weight excluding hydrogens is 486 g/mol. The van der Waals surface area contributed by atoms with Crippen molar-refractivity contribution < 1.29 is 5.11 Å². The summed E-state index contributed by atoms with van der Waals surface area (Å²) >= 11 is 0. The molecule has 0 aliphatic carbocycles. The summed E-state index contributed by atoms with van der Waals surface area (Å²) in [5, 5.41) is 21.5. The minimum atomic E-state index is -0.129. The molecule has 0 unspecified atom stereocenters. The summed E-state index contributed by atoms with van der Waals surface area (Å²) in [5.74, 6) is 1.26. The molecule has 3 heterocycles. The van der Waals surface area contributed by atoms with Gasteiger partial charge in [-0.05, 0) is 47.4 Å². The number of aliphatic hydroxyl groups is 1. The van der Waals surface area contributed by atoms with Crippen LogP contribution in [0.4, 0.5) is 5.82 Å². The van der Waals surface area contributed by atoms with E-state index in [2.05, 4.69) is 54.1 Å². The van der Waals surface area contributed by atoms with Gasteiger partial charge in [0, 0.05) is 43.3 Å². The summed E-state index contributed by atoms with van der Waals surface area (Å²) in [7, 11) is 1.72. The first kappa shape index (κ1) is 28.0. The quantitative estimate of drug-likeness (QED) is 0.254. The van der Waals surface area contributed by atoms with Crippen LogP contribution in [0.5, 0.6) is 0 Å². The van der Waals surface area contributed by atoms with Gasteiger partial charge in [0.1, 0.15) is 5.82 Å². The lowest BCUT2D eigenvalue weighted by Crippen LogP contribution is -2.22. The van der Waals surface area contributed by atoms with Crippen molar-refractivity contribution in [2.45, 2.75) is 54.2 Å². The molecule has 0 amide bonds. The Hall–Kier alpha value is -3.97. The van der Waals surface area contributed by atoms with Gasteiger partial charge in [-0.2, -0.15) is 5.10 Å². The van der Waals surface area contributed by atoms with Crippen molar-refractivity contribution in [1.82, 2.24) is 19.3 Å². The standard InChI is InChI=1S/C30H33N5O2.C2H6/c1-5-31-29-24-12-7-6-11-23(24)22(15-32-29)16-35-17-25-26(13-19(2)3)33-34(4)30(37)27(25)28(35)21-10-8-9-20(14-21)18-36;1-2/h6-12,14-15,17,19,36H,5,13,16,18H2,1-4H3,(H,31,32);1-2H3. The van der Waals surface area contributed by atoms with Gasteiger partial charge in [0.2, 0.25) is 0 Å². The lowest BCUT2D eigenvalue weighted by molar-refractivity contribution is 0.282. The van der Waals surface area contributed by atoms with Gasteiger partial charge in [-0.15, -0.1) is 0 Å². The summed E-state index contributed by atoms with van der Waals surface area (Å²) in [6, 6.07) is 16.0.